The molecule has 1 unspecified atom stereocenters. The second-order valence-electron chi connectivity index (χ2n) is 7.78. The molecule has 0 saturated carbocycles. The fourth-order valence-electron chi connectivity index (χ4n) is 4.07. The van der Waals surface area contributed by atoms with Crippen LogP contribution < -0.4 is 5.32 Å². The second-order valence-corrected chi connectivity index (χ2v) is 9.09. The monoisotopic (exact) mass is 458 g/mol. The van der Waals surface area contributed by atoms with Crippen LogP contribution in [-0.2, 0) is 5.54 Å². The number of benzene rings is 1. The minimum Gasteiger partial charge on any atom is -0.301 e. The zero-order chi connectivity index (χ0) is 21.7. The quantitative estimate of drug-likeness (QED) is 0.614. The maximum Gasteiger partial charge on any atom is 0.251 e. The number of thioether (sulfide) groups is 1. The predicted molar refractivity (Wildman–Crippen MR) is 118 cm³/mol. The van der Waals surface area contributed by atoms with Crippen LogP contribution >= 0.6 is 23.4 Å². The topological polar surface area (TPSA) is 58.9 Å². The molecule has 1 aromatic heterocycles. The molecular formula is C20H29ClF2N6S. The lowest BCUT2D eigenvalue weighted by molar-refractivity contribution is 0.0505. The highest BCUT2D eigenvalue weighted by Crippen LogP contribution is 2.35. The van der Waals surface area contributed by atoms with E-state index in [9.17, 15) is 8.78 Å². The standard InChI is InChI=1S/C20H29ClF2N6S/c1-4-15(13-30-3)24-20(8-10-28(11-9-20)12-18(22)23)19-25-26-27-29(19)17-7-5-6-16(21)14(17)2/h5-7,15,18,24H,4,8-13H2,1-3H3. The first-order valence-electron chi connectivity index (χ1n) is 10.2. The largest absolute Gasteiger partial charge is 0.301 e. The lowest BCUT2D eigenvalue weighted by Crippen LogP contribution is -2.56. The second kappa shape index (κ2) is 10.3. The van der Waals surface area contributed by atoms with E-state index >= 15 is 0 Å². The first kappa shape index (κ1) is 23.4. The van der Waals surface area contributed by atoms with Gasteiger partial charge in [-0.15, -0.1) is 5.10 Å². The SMILES string of the molecule is CCC(CSC)NC1(c2nnnn2-c2cccc(Cl)c2C)CCN(CC(F)F)CC1. The van der Waals surface area contributed by atoms with Gasteiger partial charge in [-0.05, 0) is 60.6 Å². The van der Waals surface area contributed by atoms with Crippen LogP contribution in [-0.4, -0.2) is 69.2 Å². The van der Waals surface area contributed by atoms with Crippen molar-refractivity contribution in [3.8, 4) is 5.69 Å². The molecule has 1 fully saturated rings. The van der Waals surface area contributed by atoms with Gasteiger partial charge in [-0.3, -0.25) is 4.90 Å². The van der Waals surface area contributed by atoms with Gasteiger partial charge in [0.2, 0.25) is 0 Å². The molecule has 0 aliphatic carbocycles. The van der Waals surface area contributed by atoms with Gasteiger partial charge in [-0.25, -0.2) is 8.78 Å². The van der Waals surface area contributed by atoms with E-state index in [-0.39, 0.29) is 12.6 Å². The van der Waals surface area contributed by atoms with Crippen LogP contribution in [0.3, 0.4) is 0 Å². The Morgan fingerprint density at radius 1 is 1.30 bits per heavy atom. The number of rotatable bonds is 9. The summed E-state index contributed by atoms with van der Waals surface area (Å²) in [6.45, 7) is 5.02. The van der Waals surface area contributed by atoms with Gasteiger partial charge < -0.3 is 5.32 Å². The van der Waals surface area contributed by atoms with Crippen LogP contribution in [0.2, 0.25) is 5.02 Å². The Hall–Kier alpha value is -1.29. The summed E-state index contributed by atoms with van der Waals surface area (Å²) in [4.78, 5) is 1.82. The maximum absolute atomic E-state index is 12.9. The molecule has 1 aromatic carbocycles. The molecule has 6 nitrogen and oxygen atoms in total. The Kier molecular flexibility index (Phi) is 8.06. The Balaban J connectivity index is 1.98. The molecule has 30 heavy (non-hydrogen) atoms. The third-order valence-electron chi connectivity index (χ3n) is 5.81. The summed E-state index contributed by atoms with van der Waals surface area (Å²) < 4.78 is 27.6. The highest BCUT2D eigenvalue weighted by atomic mass is 35.5. The Labute approximate surface area is 185 Å². The molecule has 1 aliphatic heterocycles. The average Bonchev–Trinajstić information content (AvgIpc) is 3.21. The summed E-state index contributed by atoms with van der Waals surface area (Å²) in [6.07, 6.45) is 2.03. The van der Waals surface area contributed by atoms with Gasteiger partial charge >= 0.3 is 0 Å². The summed E-state index contributed by atoms with van der Waals surface area (Å²) in [5.41, 5.74) is 1.23. The lowest BCUT2D eigenvalue weighted by atomic mass is 9.85. The normalized spacial score (nSPS) is 18.1. The van der Waals surface area contributed by atoms with Gasteiger partial charge in [0.05, 0.1) is 17.8 Å². The van der Waals surface area contributed by atoms with Crippen LogP contribution in [0.15, 0.2) is 18.2 Å². The predicted octanol–water partition coefficient (Wildman–Crippen LogP) is 3.91. The average molecular weight is 459 g/mol. The number of alkyl halides is 2. The smallest absolute Gasteiger partial charge is 0.251 e. The summed E-state index contributed by atoms with van der Waals surface area (Å²) in [7, 11) is 0. The van der Waals surface area contributed by atoms with Gasteiger partial charge in [0.25, 0.3) is 6.43 Å². The molecule has 1 aliphatic rings. The van der Waals surface area contributed by atoms with Crippen molar-refractivity contribution < 1.29 is 8.78 Å². The highest BCUT2D eigenvalue weighted by molar-refractivity contribution is 7.98. The molecule has 2 heterocycles. The highest BCUT2D eigenvalue weighted by Gasteiger charge is 2.42. The minimum atomic E-state index is -2.33. The van der Waals surface area contributed by atoms with Gasteiger partial charge in [-0.1, -0.05) is 24.6 Å². The number of nitrogens with one attached hydrogen (secondary N) is 1. The van der Waals surface area contributed by atoms with E-state index in [1.807, 2.05) is 30.0 Å². The van der Waals surface area contributed by atoms with Crippen LogP contribution in [0.1, 0.15) is 37.6 Å². The van der Waals surface area contributed by atoms with Gasteiger partial charge in [0.1, 0.15) is 0 Å². The van der Waals surface area contributed by atoms with Crippen LogP contribution in [0.4, 0.5) is 8.78 Å². The summed E-state index contributed by atoms with van der Waals surface area (Å²) in [5, 5.41) is 17.1. The number of hydrogen-bond acceptors (Lipinski definition) is 6. The number of piperidine rings is 1. The van der Waals surface area contributed by atoms with E-state index in [0.29, 0.717) is 36.8 Å². The van der Waals surface area contributed by atoms with Crippen LogP contribution in [0, 0.1) is 6.92 Å². The molecule has 10 heteroatoms. The molecule has 166 valence electrons. The van der Waals surface area contributed by atoms with Crippen molar-refractivity contribution >= 4 is 23.4 Å². The van der Waals surface area contributed by atoms with Crippen LogP contribution in [0.25, 0.3) is 5.69 Å². The summed E-state index contributed by atoms with van der Waals surface area (Å²) in [6, 6.07) is 5.93. The zero-order valence-corrected chi connectivity index (χ0v) is 19.2. The fourth-order valence-corrected chi connectivity index (χ4v) is 4.96. The molecule has 0 radical (unpaired) electrons. The maximum atomic E-state index is 12.9. The van der Waals surface area contributed by atoms with Crippen molar-refractivity contribution in [1.82, 2.24) is 30.4 Å². The lowest BCUT2D eigenvalue weighted by Gasteiger charge is -2.43. The zero-order valence-electron chi connectivity index (χ0n) is 17.6. The van der Waals surface area contributed by atoms with E-state index in [1.165, 1.54) is 0 Å². The van der Waals surface area contributed by atoms with Gasteiger partial charge in [-0.2, -0.15) is 16.4 Å². The molecule has 3 rings (SSSR count). The van der Waals surface area contributed by atoms with Crippen molar-refractivity contribution in [1.29, 1.82) is 0 Å². The first-order valence-corrected chi connectivity index (χ1v) is 12.0. The van der Waals surface area contributed by atoms with Crippen molar-refractivity contribution in [2.45, 2.75) is 51.1 Å². The molecule has 1 saturated heterocycles. The number of aromatic nitrogens is 4. The number of halogens is 3. The first-order chi connectivity index (χ1) is 14.4. The van der Waals surface area contributed by atoms with Crippen molar-refractivity contribution in [3.63, 3.8) is 0 Å². The Bertz CT molecular complexity index is 825. The molecule has 0 spiro atoms. The molecule has 0 amide bonds. The Morgan fingerprint density at radius 2 is 2.03 bits per heavy atom. The molecule has 0 bridgehead atoms. The van der Waals surface area contributed by atoms with E-state index < -0.39 is 12.0 Å². The van der Waals surface area contributed by atoms with Crippen molar-refractivity contribution in [2.75, 3.05) is 31.6 Å². The number of nitrogens with zero attached hydrogens (tertiary/aromatic N) is 5. The summed E-state index contributed by atoms with van der Waals surface area (Å²) >= 11 is 8.13. The number of hydrogen-bond donors (Lipinski definition) is 1. The number of likely N-dealkylation sites (tertiary alicyclic amines) is 1. The van der Waals surface area contributed by atoms with Crippen molar-refractivity contribution in [3.05, 3.63) is 34.6 Å². The van der Waals surface area contributed by atoms with Crippen LogP contribution in [0.5, 0.6) is 0 Å². The molecule has 2 aromatic rings. The third-order valence-corrected chi connectivity index (χ3v) is 6.96. The van der Waals surface area contributed by atoms with E-state index in [2.05, 4.69) is 34.0 Å². The molecule has 1 N–H and O–H groups in total. The third kappa shape index (κ3) is 5.12. The fraction of sp³-hybridized carbons (Fsp3) is 0.650. The van der Waals surface area contributed by atoms with Gasteiger partial charge in [0, 0.05) is 29.9 Å². The molecular weight excluding hydrogens is 430 g/mol. The minimum absolute atomic E-state index is 0.198. The summed E-state index contributed by atoms with van der Waals surface area (Å²) in [5.74, 6) is 1.67. The van der Waals surface area contributed by atoms with Crippen molar-refractivity contribution in [2.24, 2.45) is 0 Å². The van der Waals surface area contributed by atoms with E-state index in [4.69, 9.17) is 11.6 Å². The Morgan fingerprint density at radius 3 is 2.67 bits per heavy atom. The van der Waals surface area contributed by atoms with Gasteiger partial charge in [0.15, 0.2) is 5.82 Å². The van der Waals surface area contributed by atoms with E-state index in [0.717, 1.165) is 23.4 Å². The van der Waals surface area contributed by atoms with E-state index in [1.54, 1.807) is 16.4 Å². The number of tetrazole rings is 1. The molecule has 1 atom stereocenters.